The van der Waals surface area contributed by atoms with Crippen molar-refractivity contribution in [2.24, 2.45) is 5.92 Å². The van der Waals surface area contributed by atoms with Gasteiger partial charge in [0, 0.05) is 12.5 Å². The number of hydrogen-bond donors (Lipinski definition) is 2. The molecule has 0 saturated heterocycles. The van der Waals surface area contributed by atoms with Crippen molar-refractivity contribution < 1.29 is 9.59 Å². The lowest BCUT2D eigenvalue weighted by molar-refractivity contribution is -0.116. The van der Waals surface area contributed by atoms with Crippen LogP contribution in [0.15, 0.2) is 36.4 Å². The van der Waals surface area contributed by atoms with E-state index in [9.17, 15) is 9.59 Å². The van der Waals surface area contributed by atoms with Crippen molar-refractivity contribution in [1.29, 1.82) is 0 Å². The zero-order chi connectivity index (χ0) is 16.1. The Labute approximate surface area is 137 Å². The van der Waals surface area contributed by atoms with Gasteiger partial charge in [-0.2, -0.15) is 0 Å². The monoisotopic (exact) mass is 312 g/mol. The maximum Gasteiger partial charge on any atom is 0.253 e. The number of allylic oxidation sites excluding steroid dienone is 2. The number of nitrogens with one attached hydrogen (secondary N) is 2. The molecule has 122 valence electrons. The first-order valence-corrected chi connectivity index (χ1v) is 8.59. The van der Waals surface area contributed by atoms with E-state index in [2.05, 4.69) is 22.8 Å². The maximum atomic E-state index is 12.5. The summed E-state index contributed by atoms with van der Waals surface area (Å²) < 4.78 is 0. The lowest BCUT2D eigenvalue weighted by Gasteiger charge is -2.15. The van der Waals surface area contributed by atoms with Crippen LogP contribution >= 0.6 is 0 Å². The zero-order valence-corrected chi connectivity index (χ0v) is 13.4. The number of para-hydroxylation sites is 1. The third-order valence-electron chi connectivity index (χ3n) is 4.70. The second-order valence-corrected chi connectivity index (χ2v) is 6.52. The Bertz CT molecular complexity index is 603. The highest BCUT2D eigenvalue weighted by Crippen LogP contribution is 2.23. The van der Waals surface area contributed by atoms with Gasteiger partial charge in [0.25, 0.3) is 5.91 Å². The number of anilines is 1. The fourth-order valence-electron chi connectivity index (χ4n) is 3.43. The van der Waals surface area contributed by atoms with Crippen molar-refractivity contribution in [3.63, 3.8) is 0 Å². The summed E-state index contributed by atoms with van der Waals surface area (Å²) in [4.78, 5) is 24.7. The van der Waals surface area contributed by atoms with Crippen molar-refractivity contribution >= 4 is 17.5 Å². The molecule has 4 heteroatoms. The average Bonchev–Trinajstić information content (AvgIpc) is 3.21. The van der Waals surface area contributed by atoms with Crippen LogP contribution in [-0.4, -0.2) is 17.9 Å². The fourth-order valence-corrected chi connectivity index (χ4v) is 3.43. The Kier molecular flexibility index (Phi) is 5.11. The molecular formula is C19H24N2O2. The average molecular weight is 312 g/mol. The summed E-state index contributed by atoms with van der Waals surface area (Å²) in [6, 6.07) is 7.52. The summed E-state index contributed by atoms with van der Waals surface area (Å²) in [7, 11) is 0. The van der Waals surface area contributed by atoms with E-state index in [0.717, 1.165) is 25.7 Å². The third kappa shape index (κ3) is 4.21. The number of carbonyl (C=O) groups excluding carboxylic acids is 2. The van der Waals surface area contributed by atoms with E-state index in [1.54, 1.807) is 12.1 Å². The van der Waals surface area contributed by atoms with E-state index in [4.69, 9.17) is 0 Å². The minimum atomic E-state index is -0.0893. The number of carbonyl (C=O) groups is 2. The van der Waals surface area contributed by atoms with Crippen molar-refractivity contribution in [2.45, 2.75) is 51.0 Å². The largest absolute Gasteiger partial charge is 0.349 e. The van der Waals surface area contributed by atoms with Gasteiger partial charge in [0.05, 0.1) is 11.3 Å². The second kappa shape index (κ2) is 7.44. The van der Waals surface area contributed by atoms with E-state index < -0.39 is 0 Å². The quantitative estimate of drug-likeness (QED) is 0.815. The molecule has 3 rings (SSSR count). The van der Waals surface area contributed by atoms with E-state index in [-0.39, 0.29) is 17.9 Å². The number of hydrogen-bond acceptors (Lipinski definition) is 2. The standard InChI is InChI=1S/C19H24N2O2/c22-18(13-14-7-1-2-8-14)21-17-12-6-5-11-16(17)19(23)20-15-9-3-4-10-15/h1,5-7,11-12,14-15H,2-4,8-10,13H2,(H,20,23)(H,21,22). The third-order valence-corrected chi connectivity index (χ3v) is 4.70. The molecule has 0 heterocycles. The van der Waals surface area contributed by atoms with Crippen LogP contribution in [0.3, 0.4) is 0 Å². The highest BCUT2D eigenvalue weighted by molar-refractivity contribution is 6.03. The minimum absolute atomic E-state index is 0.0253. The van der Waals surface area contributed by atoms with Gasteiger partial charge in [0.15, 0.2) is 0 Å². The molecule has 2 aliphatic carbocycles. The molecule has 1 unspecified atom stereocenters. The van der Waals surface area contributed by atoms with E-state index in [0.29, 0.717) is 23.6 Å². The summed E-state index contributed by atoms with van der Waals surface area (Å²) in [5.41, 5.74) is 1.16. The van der Waals surface area contributed by atoms with Crippen molar-refractivity contribution in [1.82, 2.24) is 5.32 Å². The first kappa shape index (κ1) is 15.8. The van der Waals surface area contributed by atoms with E-state index >= 15 is 0 Å². The van der Waals surface area contributed by atoms with Gasteiger partial charge in [-0.05, 0) is 43.7 Å². The van der Waals surface area contributed by atoms with E-state index in [1.165, 1.54) is 12.8 Å². The molecule has 4 nitrogen and oxygen atoms in total. The van der Waals surface area contributed by atoms with Gasteiger partial charge in [0.2, 0.25) is 5.91 Å². The van der Waals surface area contributed by atoms with E-state index in [1.807, 2.05) is 12.1 Å². The highest BCUT2D eigenvalue weighted by Gasteiger charge is 2.20. The summed E-state index contributed by atoms with van der Waals surface area (Å²) in [6.45, 7) is 0. The maximum absolute atomic E-state index is 12.5. The van der Waals surface area contributed by atoms with Gasteiger partial charge in [-0.15, -0.1) is 0 Å². The van der Waals surface area contributed by atoms with Crippen LogP contribution in [0.1, 0.15) is 55.3 Å². The molecule has 1 atom stereocenters. The Morgan fingerprint density at radius 1 is 1.09 bits per heavy atom. The highest BCUT2D eigenvalue weighted by atomic mass is 16.2. The zero-order valence-electron chi connectivity index (χ0n) is 13.4. The van der Waals surface area contributed by atoms with Crippen LogP contribution in [0.5, 0.6) is 0 Å². The van der Waals surface area contributed by atoms with Gasteiger partial charge in [-0.3, -0.25) is 9.59 Å². The van der Waals surface area contributed by atoms with Crippen LogP contribution < -0.4 is 10.6 Å². The molecule has 2 amide bonds. The van der Waals surface area contributed by atoms with Crippen LogP contribution in [-0.2, 0) is 4.79 Å². The first-order valence-electron chi connectivity index (χ1n) is 8.59. The lowest BCUT2D eigenvalue weighted by Crippen LogP contribution is -2.33. The molecule has 0 spiro atoms. The molecule has 2 N–H and O–H groups in total. The molecule has 2 aliphatic rings. The summed E-state index contributed by atoms with van der Waals surface area (Å²) in [6.07, 6.45) is 11.3. The molecule has 0 bridgehead atoms. The van der Waals surface area contributed by atoms with Crippen molar-refractivity contribution in [2.75, 3.05) is 5.32 Å². The van der Waals surface area contributed by atoms with Crippen LogP contribution in [0, 0.1) is 5.92 Å². The van der Waals surface area contributed by atoms with Gasteiger partial charge in [-0.1, -0.05) is 37.1 Å². The Hall–Kier alpha value is -2.10. The minimum Gasteiger partial charge on any atom is -0.349 e. The van der Waals surface area contributed by atoms with Crippen LogP contribution in [0.25, 0.3) is 0 Å². The smallest absolute Gasteiger partial charge is 0.253 e. The van der Waals surface area contributed by atoms with Gasteiger partial charge in [-0.25, -0.2) is 0 Å². The second-order valence-electron chi connectivity index (χ2n) is 6.52. The van der Waals surface area contributed by atoms with Crippen molar-refractivity contribution in [3.8, 4) is 0 Å². The summed E-state index contributed by atoms with van der Waals surface area (Å²) in [5, 5.41) is 5.99. The topological polar surface area (TPSA) is 58.2 Å². The molecular weight excluding hydrogens is 288 g/mol. The molecule has 1 aromatic rings. The summed E-state index contributed by atoms with van der Waals surface area (Å²) >= 11 is 0. The predicted molar refractivity (Wildman–Crippen MR) is 91.3 cm³/mol. The number of rotatable bonds is 5. The van der Waals surface area contributed by atoms with Crippen LogP contribution in [0.4, 0.5) is 5.69 Å². The molecule has 1 saturated carbocycles. The first-order chi connectivity index (χ1) is 11.2. The lowest BCUT2D eigenvalue weighted by atomic mass is 10.0. The fraction of sp³-hybridized carbons (Fsp3) is 0.474. The molecule has 1 fully saturated rings. The Morgan fingerprint density at radius 3 is 2.61 bits per heavy atom. The Balaban J connectivity index is 1.63. The molecule has 0 radical (unpaired) electrons. The molecule has 1 aromatic carbocycles. The van der Waals surface area contributed by atoms with Gasteiger partial charge in [0.1, 0.15) is 0 Å². The van der Waals surface area contributed by atoms with Gasteiger partial charge >= 0.3 is 0 Å². The SMILES string of the molecule is O=C(CC1C=CCC1)Nc1ccccc1C(=O)NC1CCCC1. The Morgan fingerprint density at radius 2 is 1.87 bits per heavy atom. The molecule has 23 heavy (non-hydrogen) atoms. The number of benzene rings is 1. The molecule has 0 aromatic heterocycles. The van der Waals surface area contributed by atoms with Gasteiger partial charge < -0.3 is 10.6 Å². The molecule has 0 aliphatic heterocycles. The van der Waals surface area contributed by atoms with Crippen LogP contribution in [0.2, 0.25) is 0 Å². The van der Waals surface area contributed by atoms with Crippen molar-refractivity contribution in [3.05, 3.63) is 42.0 Å². The number of amides is 2. The predicted octanol–water partition coefficient (Wildman–Crippen LogP) is 3.65. The normalized spacial score (nSPS) is 20.6. The summed E-state index contributed by atoms with van der Waals surface area (Å²) in [5.74, 6) is 0.214.